The van der Waals surface area contributed by atoms with Crippen LogP contribution < -0.4 is 14.8 Å². The number of fused-ring (bicyclic) bond motifs is 1. The number of hydrogen-bond donors (Lipinski definition) is 1. The van der Waals surface area contributed by atoms with Crippen LogP contribution in [-0.2, 0) is 0 Å². The molecule has 2 heterocycles. The Hall–Kier alpha value is -1.55. The zero-order valence-electron chi connectivity index (χ0n) is 12.6. The van der Waals surface area contributed by atoms with E-state index in [1.54, 1.807) is 0 Å². The van der Waals surface area contributed by atoms with Gasteiger partial charge in [0, 0.05) is 23.9 Å². The lowest BCUT2D eigenvalue weighted by Gasteiger charge is -2.35. The molecule has 1 aromatic rings. The quantitative estimate of drug-likeness (QED) is 0.869. The third-order valence-corrected chi connectivity index (χ3v) is 4.64. The molecule has 21 heavy (non-hydrogen) atoms. The van der Waals surface area contributed by atoms with Crippen molar-refractivity contribution in [2.45, 2.75) is 32.6 Å². The number of ether oxygens (including phenoxy) is 2. The minimum atomic E-state index is -0.266. The minimum Gasteiger partial charge on any atom is -0.490 e. The third-order valence-electron chi connectivity index (χ3n) is 4.64. The molecule has 0 saturated carbocycles. The number of carbonyl (C=O) groups excluding carboxylic acids is 1. The predicted octanol–water partition coefficient (Wildman–Crippen LogP) is 2.81. The van der Waals surface area contributed by atoms with Crippen molar-refractivity contribution in [2.24, 2.45) is 5.41 Å². The summed E-state index contributed by atoms with van der Waals surface area (Å²) in [6.07, 6.45) is 3.77. The number of Topliss-reactive ketones (excluding diaryl/α,β-unsaturated/α-hetero) is 1. The summed E-state index contributed by atoms with van der Waals surface area (Å²) in [6, 6.07) is 5.60. The molecule has 3 rings (SSSR count). The number of benzene rings is 1. The van der Waals surface area contributed by atoms with Gasteiger partial charge in [-0.2, -0.15) is 0 Å². The Kier molecular flexibility index (Phi) is 4.15. The maximum Gasteiger partial charge on any atom is 0.170 e. The molecule has 2 aliphatic rings. The van der Waals surface area contributed by atoms with Gasteiger partial charge in [-0.25, -0.2) is 0 Å². The van der Waals surface area contributed by atoms with Gasteiger partial charge in [-0.15, -0.1) is 0 Å². The smallest absolute Gasteiger partial charge is 0.170 e. The Bertz CT molecular complexity index is 521. The van der Waals surface area contributed by atoms with Gasteiger partial charge in [-0.05, 0) is 44.0 Å². The highest BCUT2D eigenvalue weighted by atomic mass is 16.5. The van der Waals surface area contributed by atoms with Gasteiger partial charge in [0.25, 0.3) is 0 Å². The summed E-state index contributed by atoms with van der Waals surface area (Å²) in [5.74, 6) is 1.68. The van der Waals surface area contributed by atoms with Crippen LogP contribution in [0.5, 0.6) is 11.5 Å². The lowest BCUT2D eigenvalue weighted by molar-refractivity contribution is 0.0730. The normalized spacial score (nSPS) is 25.2. The molecule has 0 spiro atoms. The molecule has 2 aliphatic heterocycles. The fourth-order valence-electron chi connectivity index (χ4n) is 3.23. The van der Waals surface area contributed by atoms with Crippen LogP contribution in [0.1, 0.15) is 43.0 Å². The van der Waals surface area contributed by atoms with Gasteiger partial charge in [0.2, 0.25) is 0 Å². The van der Waals surface area contributed by atoms with E-state index in [2.05, 4.69) is 12.2 Å². The van der Waals surface area contributed by atoms with E-state index in [1.165, 1.54) is 0 Å². The van der Waals surface area contributed by atoms with Crippen LogP contribution in [0.3, 0.4) is 0 Å². The predicted molar refractivity (Wildman–Crippen MR) is 81.2 cm³/mol. The Labute approximate surface area is 125 Å². The zero-order chi connectivity index (χ0) is 14.7. The molecular formula is C17H23NO3. The first-order valence-electron chi connectivity index (χ1n) is 7.90. The van der Waals surface area contributed by atoms with Crippen molar-refractivity contribution in [3.63, 3.8) is 0 Å². The molecule has 0 amide bonds. The van der Waals surface area contributed by atoms with Crippen molar-refractivity contribution in [3.05, 3.63) is 23.8 Å². The van der Waals surface area contributed by atoms with Crippen LogP contribution in [0.2, 0.25) is 0 Å². The molecule has 1 aromatic carbocycles. The molecule has 1 saturated heterocycles. The maximum absolute atomic E-state index is 13.0. The number of ketones is 1. The minimum absolute atomic E-state index is 0.229. The number of hydrogen-bond acceptors (Lipinski definition) is 4. The molecule has 0 bridgehead atoms. The second-order valence-corrected chi connectivity index (χ2v) is 5.96. The van der Waals surface area contributed by atoms with Crippen molar-refractivity contribution in [1.82, 2.24) is 5.32 Å². The van der Waals surface area contributed by atoms with Gasteiger partial charge in [-0.1, -0.05) is 6.92 Å². The molecule has 1 fully saturated rings. The SMILES string of the molecule is CCC1(C(=O)c2ccc3c(c2)OCCCO3)CCCNC1. The molecule has 1 N–H and O–H groups in total. The monoisotopic (exact) mass is 289 g/mol. The Morgan fingerprint density at radius 3 is 2.76 bits per heavy atom. The fraction of sp³-hybridized carbons (Fsp3) is 0.588. The molecule has 0 aromatic heterocycles. The summed E-state index contributed by atoms with van der Waals surface area (Å²) >= 11 is 0. The van der Waals surface area contributed by atoms with E-state index in [1.807, 2.05) is 18.2 Å². The highest BCUT2D eigenvalue weighted by Gasteiger charge is 2.38. The van der Waals surface area contributed by atoms with Crippen molar-refractivity contribution in [3.8, 4) is 11.5 Å². The first kappa shape index (κ1) is 14.4. The molecule has 4 heteroatoms. The molecule has 4 nitrogen and oxygen atoms in total. The van der Waals surface area contributed by atoms with E-state index in [0.717, 1.165) is 50.1 Å². The second kappa shape index (κ2) is 6.06. The number of rotatable bonds is 3. The van der Waals surface area contributed by atoms with Crippen LogP contribution in [0, 0.1) is 5.41 Å². The number of nitrogens with one attached hydrogen (secondary N) is 1. The summed E-state index contributed by atoms with van der Waals surface area (Å²) in [7, 11) is 0. The van der Waals surface area contributed by atoms with Crippen LogP contribution in [-0.4, -0.2) is 32.1 Å². The zero-order valence-corrected chi connectivity index (χ0v) is 12.6. The summed E-state index contributed by atoms with van der Waals surface area (Å²) in [5, 5.41) is 3.37. The van der Waals surface area contributed by atoms with E-state index in [0.29, 0.717) is 19.0 Å². The van der Waals surface area contributed by atoms with Crippen LogP contribution in [0.15, 0.2) is 18.2 Å². The van der Waals surface area contributed by atoms with Gasteiger partial charge in [0.05, 0.1) is 13.2 Å². The van der Waals surface area contributed by atoms with E-state index in [4.69, 9.17) is 9.47 Å². The van der Waals surface area contributed by atoms with Crippen molar-refractivity contribution in [1.29, 1.82) is 0 Å². The largest absolute Gasteiger partial charge is 0.490 e. The second-order valence-electron chi connectivity index (χ2n) is 5.96. The molecular weight excluding hydrogens is 266 g/mol. The lowest BCUT2D eigenvalue weighted by Crippen LogP contribution is -2.45. The van der Waals surface area contributed by atoms with E-state index in [9.17, 15) is 4.79 Å². The average Bonchev–Trinajstić information content (AvgIpc) is 2.79. The van der Waals surface area contributed by atoms with E-state index < -0.39 is 0 Å². The number of carbonyl (C=O) groups is 1. The highest BCUT2D eigenvalue weighted by Crippen LogP contribution is 2.37. The topological polar surface area (TPSA) is 47.6 Å². The average molecular weight is 289 g/mol. The standard InChI is InChI=1S/C17H23NO3/c1-2-17(7-3-8-18-12-17)16(19)13-5-6-14-15(11-13)21-10-4-9-20-14/h5-6,11,18H,2-4,7-10,12H2,1H3. The Morgan fingerprint density at radius 1 is 1.24 bits per heavy atom. The number of piperidine rings is 1. The van der Waals surface area contributed by atoms with Gasteiger partial charge in [0.15, 0.2) is 17.3 Å². The van der Waals surface area contributed by atoms with Gasteiger partial charge < -0.3 is 14.8 Å². The third kappa shape index (κ3) is 2.77. The molecule has 1 unspecified atom stereocenters. The van der Waals surface area contributed by atoms with Gasteiger partial charge in [-0.3, -0.25) is 4.79 Å². The lowest BCUT2D eigenvalue weighted by atomic mass is 9.73. The summed E-state index contributed by atoms with van der Waals surface area (Å²) in [5.41, 5.74) is 0.475. The molecule has 114 valence electrons. The summed E-state index contributed by atoms with van der Waals surface area (Å²) in [6.45, 7) is 5.20. The van der Waals surface area contributed by atoms with Crippen LogP contribution in [0.4, 0.5) is 0 Å². The van der Waals surface area contributed by atoms with Crippen molar-refractivity contribution in [2.75, 3.05) is 26.3 Å². The first-order valence-corrected chi connectivity index (χ1v) is 7.90. The van der Waals surface area contributed by atoms with Crippen molar-refractivity contribution < 1.29 is 14.3 Å². The Balaban J connectivity index is 1.88. The molecule has 0 radical (unpaired) electrons. The molecule has 1 atom stereocenters. The van der Waals surface area contributed by atoms with Crippen LogP contribution >= 0.6 is 0 Å². The molecule has 0 aliphatic carbocycles. The van der Waals surface area contributed by atoms with Crippen molar-refractivity contribution >= 4 is 5.78 Å². The highest BCUT2D eigenvalue weighted by molar-refractivity contribution is 6.01. The van der Waals surface area contributed by atoms with Crippen LogP contribution in [0.25, 0.3) is 0 Å². The van der Waals surface area contributed by atoms with E-state index in [-0.39, 0.29) is 11.2 Å². The van der Waals surface area contributed by atoms with Gasteiger partial charge in [0.1, 0.15) is 0 Å². The summed E-state index contributed by atoms with van der Waals surface area (Å²) in [4.78, 5) is 13.0. The van der Waals surface area contributed by atoms with Gasteiger partial charge >= 0.3 is 0 Å². The maximum atomic E-state index is 13.0. The fourth-order valence-corrected chi connectivity index (χ4v) is 3.23. The Morgan fingerprint density at radius 2 is 2.05 bits per heavy atom. The van der Waals surface area contributed by atoms with E-state index >= 15 is 0 Å². The first-order chi connectivity index (χ1) is 10.2. The summed E-state index contributed by atoms with van der Waals surface area (Å²) < 4.78 is 11.3.